The number of carbonyl (C=O) groups excluding carboxylic acids is 2. The van der Waals surface area contributed by atoms with Gasteiger partial charge in [0.1, 0.15) is 11.5 Å². The molecule has 3 rings (SSSR count). The Morgan fingerprint density at radius 3 is 2.83 bits per heavy atom. The Morgan fingerprint density at radius 2 is 2.17 bits per heavy atom. The number of rotatable bonds is 6. The third kappa shape index (κ3) is 4.43. The van der Waals surface area contributed by atoms with Gasteiger partial charge in [-0.3, -0.25) is 24.3 Å². The first-order chi connectivity index (χ1) is 14.2. The third-order valence-electron chi connectivity index (χ3n) is 5.02. The number of carbonyl (C=O) groups is 2. The molecule has 0 radical (unpaired) electrons. The van der Waals surface area contributed by atoms with Crippen LogP contribution in [0, 0.1) is 23.0 Å². The fourth-order valence-electron chi connectivity index (χ4n) is 3.56. The lowest BCUT2D eigenvalue weighted by Crippen LogP contribution is -2.29. The maximum absolute atomic E-state index is 12.7. The zero-order chi connectivity index (χ0) is 22.0. The number of ether oxygens (including phenoxy) is 1. The number of pyridine rings is 1. The molecule has 1 aliphatic rings. The molecule has 2 aromatic rings. The molecule has 2 aromatic heterocycles. The predicted molar refractivity (Wildman–Crippen MR) is 112 cm³/mol. The molecule has 9 nitrogen and oxygen atoms in total. The van der Waals surface area contributed by atoms with Gasteiger partial charge in [0.05, 0.1) is 23.3 Å². The van der Waals surface area contributed by atoms with Crippen molar-refractivity contribution < 1.29 is 19.2 Å². The van der Waals surface area contributed by atoms with Crippen molar-refractivity contribution in [2.75, 3.05) is 11.9 Å². The van der Waals surface area contributed by atoms with Crippen LogP contribution < -0.4 is 10.9 Å². The SMILES string of the molecule is CCOC(=O)c1c(NC(=O)Cn2cc([N+](=O)[O-])cc(C)c2=O)sc2c1CCC(C)C2. The van der Waals surface area contributed by atoms with Gasteiger partial charge >= 0.3 is 5.97 Å². The van der Waals surface area contributed by atoms with Crippen LogP contribution in [0.1, 0.15) is 46.6 Å². The van der Waals surface area contributed by atoms with Crippen LogP contribution in [-0.4, -0.2) is 28.0 Å². The highest BCUT2D eigenvalue weighted by Crippen LogP contribution is 2.40. The second-order valence-corrected chi connectivity index (χ2v) is 8.50. The van der Waals surface area contributed by atoms with Crippen LogP contribution in [0.25, 0.3) is 0 Å². The molecule has 160 valence electrons. The number of nitro groups is 1. The van der Waals surface area contributed by atoms with Crippen molar-refractivity contribution in [1.82, 2.24) is 4.57 Å². The van der Waals surface area contributed by atoms with Crippen molar-refractivity contribution in [2.45, 2.75) is 46.6 Å². The van der Waals surface area contributed by atoms with E-state index in [2.05, 4.69) is 12.2 Å². The number of nitrogens with zero attached hydrogens (tertiary/aromatic N) is 2. The summed E-state index contributed by atoms with van der Waals surface area (Å²) in [6.07, 6.45) is 3.56. The third-order valence-corrected chi connectivity index (χ3v) is 6.19. The first-order valence-electron chi connectivity index (χ1n) is 9.68. The number of hydrogen-bond acceptors (Lipinski definition) is 7. The number of amides is 1. The second kappa shape index (κ2) is 8.78. The van der Waals surface area contributed by atoms with E-state index in [1.54, 1.807) is 6.92 Å². The van der Waals surface area contributed by atoms with Gasteiger partial charge in [-0.2, -0.15) is 0 Å². The van der Waals surface area contributed by atoms with E-state index in [0.717, 1.165) is 40.5 Å². The first kappa shape index (κ1) is 21.7. The molecule has 0 fully saturated rings. The van der Waals surface area contributed by atoms with Crippen LogP contribution in [0.2, 0.25) is 0 Å². The Hall–Kier alpha value is -3.01. The standard InChI is InChI=1S/C20H23N3O6S/c1-4-29-20(26)17-14-6-5-11(2)7-15(14)30-18(17)21-16(24)10-22-9-13(23(27)28)8-12(3)19(22)25/h8-9,11H,4-7,10H2,1-3H3,(H,21,24). The fraction of sp³-hybridized carbons (Fsp3) is 0.450. The molecule has 1 unspecified atom stereocenters. The highest BCUT2D eigenvalue weighted by atomic mass is 32.1. The van der Waals surface area contributed by atoms with Crippen molar-refractivity contribution in [3.8, 4) is 0 Å². The molecule has 30 heavy (non-hydrogen) atoms. The van der Waals surface area contributed by atoms with Crippen molar-refractivity contribution in [1.29, 1.82) is 0 Å². The summed E-state index contributed by atoms with van der Waals surface area (Å²) in [6.45, 7) is 5.13. The molecule has 0 aromatic carbocycles. The van der Waals surface area contributed by atoms with Crippen molar-refractivity contribution in [3.63, 3.8) is 0 Å². The molecule has 1 atom stereocenters. The Balaban J connectivity index is 1.89. The summed E-state index contributed by atoms with van der Waals surface area (Å²) in [4.78, 5) is 49.0. The Morgan fingerprint density at radius 1 is 1.43 bits per heavy atom. The Kier molecular flexibility index (Phi) is 6.35. The molecule has 1 N–H and O–H groups in total. The van der Waals surface area contributed by atoms with E-state index in [0.29, 0.717) is 16.5 Å². The van der Waals surface area contributed by atoms with E-state index in [4.69, 9.17) is 4.74 Å². The van der Waals surface area contributed by atoms with Crippen LogP contribution >= 0.6 is 11.3 Å². The van der Waals surface area contributed by atoms with Gasteiger partial charge < -0.3 is 10.1 Å². The van der Waals surface area contributed by atoms with Gasteiger partial charge in [-0.25, -0.2) is 4.79 Å². The van der Waals surface area contributed by atoms with Gasteiger partial charge in [-0.1, -0.05) is 6.92 Å². The molecular formula is C20H23N3O6S. The fourth-order valence-corrected chi connectivity index (χ4v) is 4.98. The summed E-state index contributed by atoms with van der Waals surface area (Å²) in [5.41, 5.74) is 0.702. The van der Waals surface area contributed by atoms with Crippen LogP contribution in [0.15, 0.2) is 17.1 Å². The highest BCUT2D eigenvalue weighted by Gasteiger charge is 2.29. The van der Waals surface area contributed by atoms with Crippen LogP contribution in [0.4, 0.5) is 10.7 Å². The number of hydrogen-bond donors (Lipinski definition) is 1. The lowest BCUT2D eigenvalue weighted by molar-refractivity contribution is -0.385. The second-order valence-electron chi connectivity index (χ2n) is 7.40. The molecule has 0 saturated carbocycles. The predicted octanol–water partition coefficient (Wildman–Crippen LogP) is 3.07. The monoisotopic (exact) mass is 433 g/mol. The largest absolute Gasteiger partial charge is 0.462 e. The molecular weight excluding hydrogens is 410 g/mol. The van der Waals surface area contributed by atoms with E-state index in [9.17, 15) is 24.5 Å². The van der Waals surface area contributed by atoms with Gasteiger partial charge in [-0.05, 0) is 44.6 Å². The minimum atomic E-state index is -0.617. The summed E-state index contributed by atoms with van der Waals surface area (Å²) >= 11 is 1.35. The number of aryl methyl sites for hydroxylation is 1. The Labute approximate surface area is 176 Å². The average Bonchev–Trinajstić information content (AvgIpc) is 3.01. The van der Waals surface area contributed by atoms with E-state index in [1.165, 1.54) is 24.3 Å². The maximum Gasteiger partial charge on any atom is 0.341 e. The summed E-state index contributed by atoms with van der Waals surface area (Å²) in [5.74, 6) is -0.543. The average molecular weight is 433 g/mol. The van der Waals surface area contributed by atoms with Crippen molar-refractivity contribution in [2.24, 2.45) is 5.92 Å². The Bertz CT molecular complexity index is 1070. The normalized spacial score (nSPS) is 15.4. The van der Waals surface area contributed by atoms with Crippen LogP contribution in [0.5, 0.6) is 0 Å². The van der Waals surface area contributed by atoms with Gasteiger partial charge in [0.25, 0.3) is 11.2 Å². The maximum atomic E-state index is 12.7. The highest BCUT2D eigenvalue weighted by molar-refractivity contribution is 7.17. The minimum absolute atomic E-state index is 0.171. The molecule has 0 bridgehead atoms. The summed E-state index contributed by atoms with van der Waals surface area (Å²) in [6, 6.07) is 1.17. The number of fused-ring (bicyclic) bond motifs is 1. The molecule has 0 aliphatic heterocycles. The quantitative estimate of drug-likeness (QED) is 0.425. The first-order valence-corrected chi connectivity index (χ1v) is 10.5. The molecule has 10 heteroatoms. The van der Waals surface area contributed by atoms with Gasteiger partial charge in [0, 0.05) is 16.5 Å². The number of aromatic nitrogens is 1. The summed E-state index contributed by atoms with van der Waals surface area (Å²) in [5, 5.41) is 14.2. The van der Waals surface area contributed by atoms with E-state index in [1.807, 2.05) is 0 Å². The van der Waals surface area contributed by atoms with Crippen molar-refractivity contribution in [3.05, 3.63) is 54.3 Å². The number of esters is 1. The summed E-state index contributed by atoms with van der Waals surface area (Å²) in [7, 11) is 0. The topological polar surface area (TPSA) is 121 Å². The van der Waals surface area contributed by atoms with Crippen LogP contribution in [-0.2, 0) is 28.9 Å². The van der Waals surface area contributed by atoms with Crippen molar-refractivity contribution >= 4 is 33.9 Å². The van der Waals surface area contributed by atoms with Gasteiger partial charge in [0.15, 0.2) is 0 Å². The van der Waals surface area contributed by atoms with E-state index < -0.39 is 28.9 Å². The minimum Gasteiger partial charge on any atom is -0.462 e. The molecule has 0 saturated heterocycles. The zero-order valence-electron chi connectivity index (χ0n) is 17.0. The molecule has 0 spiro atoms. The summed E-state index contributed by atoms with van der Waals surface area (Å²) < 4.78 is 6.19. The molecule has 1 aliphatic carbocycles. The number of nitrogens with one attached hydrogen (secondary N) is 1. The molecule has 1 amide bonds. The zero-order valence-corrected chi connectivity index (χ0v) is 17.8. The van der Waals surface area contributed by atoms with Crippen LogP contribution in [0.3, 0.4) is 0 Å². The number of anilines is 1. The number of thiophene rings is 1. The van der Waals surface area contributed by atoms with E-state index >= 15 is 0 Å². The molecule has 2 heterocycles. The van der Waals surface area contributed by atoms with Gasteiger partial charge in [0.2, 0.25) is 5.91 Å². The lowest BCUT2D eigenvalue weighted by Gasteiger charge is -2.18. The van der Waals surface area contributed by atoms with Gasteiger partial charge in [-0.15, -0.1) is 11.3 Å². The lowest BCUT2D eigenvalue weighted by atomic mass is 9.88. The van der Waals surface area contributed by atoms with E-state index in [-0.39, 0.29) is 17.9 Å². The smallest absolute Gasteiger partial charge is 0.341 e.